The fourth-order valence-electron chi connectivity index (χ4n) is 4.52. The fraction of sp³-hybridized carbons (Fsp3) is 0.391. The molecule has 2 aliphatic heterocycles. The monoisotopic (exact) mass is 427 g/mol. The predicted molar refractivity (Wildman–Crippen MR) is 112 cm³/mol. The third-order valence-corrected chi connectivity index (χ3v) is 6.28. The van der Waals surface area contributed by atoms with Gasteiger partial charge in [0, 0.05) is 19.6 Å². The quantitative estimate of drug-likeness (QED) is 0.784. The Morgan fingerprint density at radius 2 is 1.90 bits per heavy atom. The number of halogens is 1. The first-order chi connectivity index (χ1) is 14.9. The number of carbonyl (C=O) groups is 2. The van der Waals surface area contributed by atoms with E-state index in [0.29, 0.717) is 13.0 Å². The number of hydrogen-bond donors (Lipinski definition) is 2. The van der Waals surface area contributed by atoms with Crippen molar-refractivity contribution in [2.75, 3.05) is 20.2 Å². The molecule has 1 fully saturated rings. The van der Waals surface area contributed by atoms with E-state index in [2.05, 4.69) is 0 Å². The third-order valence-electron chi connectivity index (χ3n) is 6.28. The lowest BCUT2D eigenvalue weighted by molar-refractivity contribution is -0.151. The molecule has 2 amide bonds. The molecule has 0 unspecified atom stereocenters. The molecule has 31 heavy (non-hydrogen) atoms. The highest BCUT2D eigenvalue weighted by Crippen LogP contribution is 2.36. The van der Waals surface area contributed by atoms with Gasteiger partial charge in [-0.25, -0.2) is 9.18 Å². The van der Waals surface area contributed by atoms with Crippen molar-refractivity contribution in [3.05, 3.63) is 71.0 Å². The number of ether oxygens (including phenoxy) is 1. The van der Waals surface area contributed by atoms with Crippen LogP contribution in [0, 0.1) is 5.82 Å². The first kappa shape index (κ1) is 21.3. The minimum Gasteiger partial charge on any atom is -0.465 e. The van der Waals surface area contributed by atoms with Crippen molar-refractivity contribution < 1.29 is 23.8 Å². The summed E-state index contributed by atoms with van der Waals surface area (Å²) in [7, 11) is 1.45. The van der Waals surface area contributed by atoms with Gasteiger partial charge in [-0.2, -0.15) is 0 Å². The fourth-order valence-corrected chi connectivity index (χ4v) is 4.52. The lowest BCUT2D eigenvalue weighted by atomic mass is 9.87. The zero-order valence-electron chi connectivity index (χ0n) is 17.3. The normalized spacial score (nSPS) is 25.6. The maximum Gasteiger partial charge on any atom is 0.407 e. The van der Waals surface area contributed by atoms with Crippen molar-refractivity contribution in [2.24, 2.45) is 5.73 Å². The second-order valence-corrected chi connectivity index (χ2v) is 8.12. The Balaban J connectivity index is 1.60. The van der Waals surface area contributed by atoms with Crippen molar-refractivity contribution in [3.63, 3.8) is 0 Å². The van der Waals surface area contributed by atoms with Crippen molar-refractivity contribution >= 4 is 12.0 Å². The highest BCUT2D eigenvalue weighted by molar-refractivity contribution is 5.82. The number of nitrogens with two attached hydrogens (primary N) is 1. The van der Waals surface area contributed by atoms with Gasteiger partial charge in [0.2, 0.25) is 0 Å². The van der Waals surface area contributed by atoms with E-state index >= 15 is 0 Å². The van der Waals surface area contributed by atoms with Crippen LogP contribution in [0.5, 0.6) is 0 Å². The average Bonchev–Trinajstić information content (AvgIpc) is 2.78. The molecule has 0 aliphatic carbocycles. The number of fused-ring (bicyclic) bond motifs is 1. The Kier molecular flexibility index (Phi) is 5.93. The molecule has 0 aromatic heterocycles. The number of benzene rings is 2. The molecular weight excluding hydrogens is 401 g/mol. The van der Waals surface area contributed by atoms with Crippen LogP contribution in [0.25, 0.3) is 0 Å². The molecule has 4 rings (SSSR count). The summed E-state index contributed by atoms with van der Waals surface area (Å²) in [5, 5.41) is 9.22. The highest BCUT2D eigenvalue weighted by atomic mass is 19.1. The number of carbonyl (C=O) groups excluding carboxylic acids is 1. The SMILES string of the molecule is CN(C(=O)O)[C@H]1CO[C@@H](C(=O)N2CCc3ccccc3[C@@H]2c2ccc(F)cc2)C[C@@H]1N. The van der Waals surface area contributed by atoms with Crippen LogP contribution in [0.15, 0.2) is 48.5 Å². The molecular formula is C23H26FN3O4. The molecule has 0 radical (unpaired) electrons. The molecule has 4 atom stereocenters. The zero-order chi connectivity index (χ0) is 22.1. The number of hydrogen-bond acceptors (Lipinski definition) is 4. The molecule has 1 saturated heterocycles. The Hall–Kier alpha value is -2.97. The lowest BCUT2D eigenvalue weighted by Gasteiger charge is -2.42. The topological polar surface area (TPSA) is 96.1 Å². The molecule has 164 valence electrons. The van der Waals surface area contributed by atoms with E-state index in [1.54, 1.807) is 17.0 Å². The zero-order valence-corrected chi connectivity index (χ0v) is 17.3. The Bertz CT molecular complexity index is 968. The van der Waals surface area contributed by atoms with Crippen molar-refractivity contribution in [1.82, 2.24) is 9.80 Å². The van der Waals surface area contributed by atoms with Gasteiger partial charge >= 0.3 is 6.09 Å². The molecule has 0 bridgehead atoms. The number of amides is 2. The van der Waals surface area contributed by atoms with E-state index in [0.717, 1.165) is 21.6 Å². The molecule has 3 N–H and O–H groups in total. The van der Waals surface area contributed by atoms with E-state index in [1.165, 1.54) is 19.2 Å². The van der Waals surface area contributed by atoms with Gasteiger partial charge in [0.05, 0.1) is 18.7 Å². The molecule has 2 aliphatic rings. The number of nitrogens with zero attached hydrogens (tertiary/aromatic N) is 2. The summed E-state index contributed by atoms with van der Waals surface area (Å²) in [6.45, 7) is 0.567. The van der Waals surface area contributed by atoms with E-state index in [4.69, 9.17) is 10.5 Å². The summed E-state index contributed by atoms with van der Waals surface area (Å²) < 4.78 is 19.3. The van der Waals surface area contributed by atoms with Gasteiger partial charge in [-0.3, -0.25) is 4.79 Å². The van der Waals surface area contributed by atoms with E-state index < -0.39 is 24.3 Å². The van der Waals surface area contributed by atoms with Crippen LogP contribution in [0.1, 0.15) is 29.2 Å². The van der Waals surface area contributed by atoms with Crippen LogP contribution in [-0.2, 0) is 16.0 Å². The Labute approximate surface area is 180 Å². The van der Waals surface area contributed by atoms with Gasteiger partial charge in [0.1, 0.15) is 11.9 Å². The predicted octanol–water partition coefficient (Wildman–Crippen LogP) is 2.39. The van der Waals surface area contributed by atoms with E-state index in [9.17, 15) is 19.1 Å². The summed E-state index contributed by atoms with van der Waals surface area (Å²) in [6.07, 6.45) is -0.891. The van der Waals surface area contributed by atoms with Crippen molar-refractivity contribution in [3.8, 4) is 0 Å². The second-order valence-electron chi connectivity index (χ2n) is 8.12. The van der Waals surface area contributed by atoms with Gasteiger partial charge < -0.3 is 25.4 Å². The first-order valence-electron chi connectivity index (χ1n) is 10.3. The van der Waals surface area contributed by atoms with Crippen molar-refractivity contribution in [2.45, 2.75) is 37.1 Å². The molecule has 0 spiro atoms. The molecule has 0 saturated carbocycles. The van der Waals surface area contributed by atoms with Crippen LogP contribution >= 0.6 is 0 Å². The first-order valence-corrected chi connectivity index (χ1v) is 10.3. The average molecular weight is 427 g/mol. The molecule has 2 aromatic carbocycles. The number of likely N-dealkylation sites (N-methyl/N-ethyl adjacent to an activating group) is 1. The van der Waals surface area contributed by atoms with Gasteiger partial charge in [-0.15, -0.1) is 0 Å². The Morgan fingerprint density at radius 1 is 1.19 bits per heavy atom. The van der Waals surface area contributed by atoms with Crippen LogP contribution in [0.2, 0.25) is 0 Å². The van der Waals surface area contributed by atoms with Crippen LogP contribution in [0.4, 0.5) is 9.18 Å². The minimum atomic E-state index is -1.09. The maximum atomic E-state index is 13.5. The summed E-state index contributed by atoms with van der Waals surface area (Å²) in [5.41, 5.74) is 9.21. The second kappa shape index (κ2) is 8.64. The van der Waals surface area contributed by atoms with Crippen LogP contribution in [-0.4, -0.2) is 65.3 Å². The molecule has 8 heteroatoms. The Morgan fingerprint density at radius 3 is 2.58 bits per heavy atom. The molecule has 2 heterocycles. The summed E-state index contributed by atoms with van der Waals surface area (Å²) in [5.74, 6) is -0.517. The van der Waals surface area contributed by atoms with E-state index in [1.807, 2.05) is 24.3 Å². The standard InChI is InChI=1S/C23H26FN3O4/c1-26(23(29)30)19-13-31-20(12-18(19)25)22(28)27-11-10-14-4-2-3-5-17(14)21(27)15-6-8-16(24)9-7-15/h2-9,18-21H,10-13,25H2,1H3,(H,29,30)/t18-,19-,20+,21-/m0/s1. The third kappa shape index (κ3) is 4.13. The maximum absolute atomic E-state index is 13.5. The molecule has 2 aromatic rings. The van der Waals surface area contributed by atoms with Gasteiger partial charge in [0.25, 0.3) is 5.91 Å². The summed E-state index contributed by atoms with van der Waals surface area (Å²) in [4.78, 5) is 27.7. The lowest BCUT2D eigenvalue weighted by Crippen LogP contribution is -2.58. The van der Waals surface area contributed by atoms with Gasteiger partial charge in [-0.05, 0) is 41.7 Å². The van der Waals surface area contributed by atoms with Crippen LogP contribution in [0.3, 0.4) is 0 Å². The van der Waals surface area contributed by atoms with Crippen LogP contribution < -0.4 is 5.73 Å². The summed E-state index contributed by atoms with van der Waals surface area (Å²) in [6, 6.07) is 12.8. The van der Waals surface area contributed by atoms with Crippen molar-refractivity contribution in [1.29, 1.82) is 0 Å². The largest absolute Gasteiger partial charge is 0.465 e. The highest BCUT2D eigenvalue weighted by Gasteiger charge is 2.41. The number of carboxylic acid groups (broad SMARTS) is 1. The minimum absolute atomic E-state index is 0.0615. The van der Waals surface area contributed by atoms with Gasteiger partial charge in [-0.1, -0.05) is 36.4 Å². The smallest absolute Gasteiger partial charge is 0.407 e. The summed E-state index contributed by atoms with van der Waals surface area (Å²) >= 11 is 0. The van der Waals surface area contributed by atoms with Gasteiger partial charge in [0.15, 0.2) is 0 Å². The molecule has 7 nitrogen and oxygen atoms in total. The number of rotatable bonds is 3. The van der Waals surface area contributed by atoms with E-state index in [-0.39, 0.29) is 30.8 Å².